The highest BCUT2D eigenvalue weighted by Gasteiger charge is 2.27. The molecule has 3 aliphatic rings. The number of ether oxygens (including phenoxy) is 1. The van der Waals surface area contributed by atoms with Crippen LogP contribution in [0.15, 0.2) is 22.6 Å². The van der Waals surface area contributed by atoms with Crippen LogP contribution in [-0.4, -0.2) is 46.1 Å². The van der Waals surface area contributed by atoms with E-state index < -0.39 is 11.0 Å². The third-order valence-electron chi connectivity index (χ3n) is 5.38. The van der Waals surface area contributed by atoms with Crippen molar-refractivity contribution >= 4 is 22.5 Å². The number of hydrogen-bond acceptors (Lipinski definition) is 7. The van der Waals surface area contributed by atoms with Crippen molar-refractivity contribution < 1.29 is 13.8 Å². The minimum atomic E-state index is -3.26. The quantitative estimate of drug-likeness (QED) is 0.604. The second-order valence-corrected chi connectivity index (χ2v) is 9.05. The fourth-order valence-corrected chi connectivity index (χ4v) is 4.70. The van der Waals surface area contributed by atoms with E-state index in [1.165, 1.54) is 45.2 Å². The Morgan fingerprint density at radius 1 is 1.27 bits per heavy atom. The fraction of sp³-hybridized carbons (Fsp3) is 0.611. The minimum Gasteiger partial charge on any atom is -0.492 e. The molecule has 8 heteroatoms. The van der Waals surface area contributed by atoms with E-state index in [0.717, 1.165) is 12.5 Å². The molecule has 1 saturated carbocycles. The van der Waals surface area contributed by atoms with Crippen molar-refractivity contribution in [2.45, 2.75) is 32.1 Å². The SMILES string of the molecule is NC1=NS(O)(O)Nc2cccc(OC[C@H]3CCCN(CCC4CC4)C3)c21. The summed E-state index contributed by atoms with van der Waals surface area (Å²) in [4.78, 5) is 2.57. The summed E-state index contributed by atoms with van der Waals surface area (Å²) >= 11 is 0. The Morgan fingerprint density at radius 2 is 2.12 bits per heavy atom. The lowest BCUT2D eigenvalue weighted by Gasteiger charge is -2.34. The molecule has 1 saturated heterocycles. The van der Waals surface area contributed by atoms with Crippen LogP contribution in [0.1, 0.15) is 37.7 Å². The number of benzene rings is 1. The van der Waals surface area contributed by atoms with Crippen LogP contribution in [0, 0.1) is 11.8 Å². The first-order valence-corrected chi connectivity index (χ1v) is 10.9. The number of amidine groups is 1. The van der Waals surface area contributed by atoms with E-state index in [2.05, 4.69) is 14.0 Å². The van der Waals surface area contributed by atoms with E-state index >= 15 is 0 Å². The standard InChI is InChI=1S/C18H28N4O3S/c19-18-17-15(20-26(23,24)21-18)4-1-5-16(17)25-12-14-3-2-9-22(11-14)10-8-13-6-7-13/h1,4-5,13-14,20,23-24H,2-3,6-12H2,(H2,19,21)/t14-/m0/s1. The third kappa shape index (κ3) is 4.25. The zero-order chi connectivity index (χ0) is 18.1. The molecule has 1 atom stereocenters. The lowest BCUT2D eigenvalue weighted by Crippen LogP contribution is -2.38. The van der Waals surface area contributed by atoms with Gasteiger partial charge in [0.1, 0.15) is 5.75 Å². The van der Waals surface area contributed by atoms with E-state index in [9.17, 15) is 9.11 Å². The molecule has 2 fully saturated rings. The molecule has 1 aromatic carbocycles. The summed E-state index contributed by atoms with van der Waals surface area (Å²) in [5, 5.41) is 0. The number of anilines is 1. The van der Waals surface area contributed by atoms with E-state index in [1.807, 2.05) is 12.1 Å². The van der Waals surface area contributed by atoms with Gasteiger partial charge in [-0.25, -0.2) is 0 Å². The molecule has 0 spiro atoms. The highest BCUT2D eigenvalue weighted by Crippen LogP contribution is 2.46. The summed E-state index contributed by atoms with van der Waals surface area (Å²) in [6, 6.07) is 5.42. The van der Waals surface area contributed by atoms with Crippen molar-refractivity contribution in [3.05, 3.63) is 23.8 Å². The molecule has 26 heavy (non-hydrogen) atoms. The molecule has 144 valence electrons. The zero-order valence-electron chi connectivity index (χ0n) is 14.9. The van der Waals surface area contributed by atoms with Crippen molar-refractivity contribution in [2.24, 2.45) is 22.0 Å². The lowest BCUT2D eigenvalue weighted by molar-refractivity contribution is 0.128. The molecular formula is C18H28N4O3S. The molecule has 1 aromatic rings. The van der Waals surface area contributed by atoms with Gasteiger partial charge in [0.25, 0.3) is 0 Å². The normalized spacial score (nSPS) is 26.4. The maximum atomic E-state index is 9.75. The van der Waals surface area contributed by atoms with Crippen LogP contribution in [0.4, 0.5) is 5.69 Å². The number of nitrogens with zero attached hydrogens (tertiary/aromatic N) is 2. The Bertz CT molecular complexity index is 693. The Hall–Kier alpha value is -1.48. The molecule has 0 radical (unpaired) electrons. The third-order valence-corrected chi connectivity index (χ3v) is 6.33. The molecule has 0 aromatic heterocycles. The number of fused-ring (bicyclic) bond motifs is 1. The van der Waals surface area contributed by atoms with Gasteiger partial charge in [0.15, 0.2) is 5.84 Å². The topological polar surface area (TPSA) is 103 Å². The first-order valence-electron chi connectivity index (χ1n) is 9.40. The summed E-state index contributed by atoms with van der Waals surface area (Å²) in [5.41, 5.74) is 7.11. The highest BCUT2D eigenvalue weighted by molar-refractivity contribution is 8.24. The molecule has 0 bridgehead atoms. The second-order valence-electron chi connectivity index (χ2n) is 7.63. The largest absolute Gasteiger partial charge is 0.492 e. The zero-order valence-corrected chi connectivity index (χ0v) is 15.7. The number of rotatable bonds is 6. The maximum absolute atomic E-state index is 9.75. The van der Waals surface area contributed by atoms with Crippen molar-refractivity contribution in [1.29, 1.82) is 0 Å². The molecule has 4 rings (SSSR count). The summed E-state index contributed by atoms with van der Waals surface area (Å²) in [5.74, 6) is 2.23. The predicted molar refractivity (Wildman–Crippen MR) is 106 cm³/mol. The Balaban J connectivity index is 1.37. The first kappa shape index (κ1) is 17.9. The van der Waals surface area contributed by atoms with Gasteiger partial charge in [-0.2, -0.15) is 0 Å². The summed E-state index contributed by atoms with van der Waals surface area (Å²) < 4.78 is 32.0. The molecule has 0 unspecified atom stereocenters. The number of likely N-dealkylation sites (tertiary alicyclic amines) is 1. The predicted octanol–water partition coefficient (Wildman–Crippen LogP) is 3.29. The smallest absolute Gasteiger partial charge is 0.158 e. The average molecular weight is 381 g/mol. The maximum Gasteiger partial charge on any atom is 0.158 e. The summed E-state index contributed by atoms with van der Waals surface area (Å²) in [7, 11) is -3.26. The van der Waals surface area contributed by atoms with Gasteiger partial charge in [-0.3, -0.25) is 13.8 Å². The van der Waals surface area contributed by atoms with Crippen molar-refractivity contribution in [3.8, 4) is 5.75 Å². The Labute approximate surface area is 156 Å². The van der Waals surface area contributed by atoms with Crippen LogP contribution >= 0.6 is 11.0 Å². The monoisotopic (exact) mass is 380 g/mol. The highest BCUT2D eigenvalue weighted by atomic mass is 32.3. The molecule has 5 N–H and O–H groups in total. The number of hydrogen-bond donors (Lipinski definition) is 4. The molecule has 1 aliphatic carbocycles. The van der Waals surface area contributed by atoms with E-state index in [1.54, 1.807) is 6.07 Å². The van der Waals surface area contributed by atoms with Crippen molar-refractivity contribution in [1.82, 2.24) is 4.90 Å². The van der Waals surface area contributed by atoms with Gasteiger partial charge < -0.3 is 15.4 Å². The molecule has 2 aliphatic heterocycles. The van der Waals surface area contributed by atoms with E-state index in [-0.39, 0.29) is 5.84 Å². The summed E-state index contributed by atoms with van der Waals surface area (Å²) in [6.45, 7) is 4.14. The fourth-order valence-electron chi connectivity index (χ4n) is 3.82. The van der Waals surface area contributed by atoms with Crippen LogP contribution < -0.4 is 15.2 Å². The molecular weight excluding hydrogens is 352 g/mol. The molecule has 7 nitrogen and oxygen atoms in total. The van der Waals surface area contributed by atoms with Crippen LogP contribution in [-0.2, 0) is 0 Å². The van der Waals surface area contributed by atoms with Crippen LogP contribution in [0.25, 0.3) is 0 Å². The van der Waals surface area contributed by atoms with Crippen molar-refractivity contribution in [2.75, 3.05) is 31.0 Å². The van der Waals surface area contributed by atoms with Crippen LogP contribution in [0.2, 0.25) is 0 Å². The first-order chi connectivity index (χ1) is 12.5. The van der Waals surface area contributed by atoms with Crippen molar-refractivity contribution in [3.63, 3.8) is 0 Å². The second kappa shape index (κ2) is 7.26. The van der Waals surface area contributed by atoms with Gasteiger partial charge in [0.05, 0.1) is 17.9 Å². The van der Waals surface area contributed by atoms with Gasteiger partial charge in [-0.05, 0) is 61.4 Å². The Kier molecular flexibility index (Phi) is 5.00. The number of nitrogens with one attached hydrogen (secondary N) is 1. The molecule has 2 heterocycles. The lowest BCUT2D eigenvalue weighted by atomic mass is 9.98. The van der Waals surface area contributed by atoms with Gasteiger partial charge in [0.2, 0.25) is 0 Å². The number of nitrogens with two attached hydrogens (primary N) is 1. The Morgan fingerprint density at radius 3 is 2.92 bits per heavy atom. The van der Waals surface area contributed by atoms with Crippen LogP contribution in [0.5, 0.6) is 5.75 Å². The van der Waals surface area contributed by atoms with Gasteiger partial charge in [0, 0.05) is 12.5 Å². The van der Waals surface area contributed by atoms with E-state index in [0.29, 0.717) is 29.5 Å². The minimum absolute atomic E-state index is 0.101. The van der Waals surface area contributed by atoms with Crippen LogP contribution in [0.3, 0.4) is 0 Å². The van der Waals surface area contributed by atoms with Gasteiger partial charge >= 0.3 is 0 Å². The number of piperidine rings is 1. The van der Waals surface area contributed by atoms with Gasteiger partial charge in [-0.1, -0.05) is 18.9 Å². The molecule has 0 amide bonds. The van der Waals surface area contributed by atoms with E-state index in [4.69, 9.17) is 10.5 Å². The van der Waals surface area contributed by atoms with Gasteiger partial charge in [-0.15, -0.1) is 4.40 Å². The average Bonchev–Trinajstić information content (AvgIpc) is 3.41. The summed E-state index contributed by atoms with van der Waals surface area (Å²) in [6.07, 6.45) is 6.57.